The number of methoxy groups -OCH3 is 1. The molecule has 178 valence electrons. The van der Waals surface area contributed by atoms with Crippen LogP contribution in [0.4, 0.5) is 4.79 Å². The molecule has 8 heteroatoms. The van der Waals surface area contributed by atoms with Gasteiger partial charge in [0.1, 0.15) is 12.1 Å². The van der Waals surface area contributed by atoms with Crippen LogP contribution in [0.5, 0.6) is 0 Å². The van der Waals surface area contributed by atoms with Crippen LogP contribution >= 0.6 is 0 Å². The topological polar surface area (TPSA) is 105 Å². The van der Waals surface area contributed by atoms with Crippen molar-refractivity contribution < 1.29 is 29.0 Å². The number of carbonyl (C=O) groups excluding carboxylic acids is 2. The number of carbonyl (C=O) groups is 3. The largest absolute Gasteiger partial charge is 0.481 e. The molecule has 0 bridgehead atoms. The molecule has 1 saturated carbocycles. The molecule has 0 radical (unpaired) electrons. The molecule has 8 nitrogen and oxygen atoms in total. The lowest BCUT2D eigenvalue weighted by Gasteiger charge is -2.33. The van der Waals surface area contributed by atoms with E-state index in [9.17, 15) is 19.5 Å². The predicted octanol–water partition coefficient (Wildman–Crippen LogP) is 2.86. The van der Waals surface area contributed by atoms with E-state index in [1.54, 1.807) is 6.92 Å². The molecule has 2 fully saturated rings. The lowest BCUT2D eigenvalue weighted by Crippen LogP contribution is -2.60. The quantitative estimate of drug-likeness (QED) is 0.653. The van der Waals surface area contributed by atoms with Crippen molar-refractivity contribution >= 4 is 18.0 Å². The predicted molar refractivity (Wildman–Crippen MR) is 123 cm³/mol. The number of likely N-dealkylation sites (tertiary alicyclic amines) is 1. The lowest BCUT2D eigenvalue weighted by molar-refractivity contribution is -0.145. The van der Waals surface area contributed by atoms with E-state index in [0.29, 0.717) is 13.0 Å². The van der Waals surface area contributed by atoms with Crippen LogP contribution in [0.2, 0.25) is 0 Å². The third-order valence-electron chi connectivity index (χ3n) is 7.49. The smallest absolute Gasteiger partial charge is 0.408 e. The Balaban J connectivity index is 1.27. The fourth-order valence-electron chi connectivity index (χ4n) is 5.62. The molecule has 2 amide bonds. The minimum absolute atomic E-state index is 0.0322. The van der Waals surface area contributed by atoms with Crippen molar-refractivity contribution in [3.63, 3.8) is 0 Å². The highest BCUT2D eigenvalue weighted by molar-refractivity contribution is 5.92. The van der Waals surface area contributed by atoms with Crippen LogP contribution in [0, 0.1) is 11.3 Å². The van der Waals surface area contributed by atoms with Gasteiger partial charge in [-0.3, -0.25) is 9.59 Å². The lowest BCUT2D eigenvalue weighted by atomic mass is 9.98. The molecule has 1 aliphatic heterocycles. The van der Waals surface area contributed by atoms with E-state index in [-0.39, 0.29) is 37.5 Å². The van der Waals surface area contributed by atoms with Crippen LogP contribution in [0.15, 0.2) is 48.5 Å². The number of benzene rings is 2. The normalized spacial score (nSPS) is 23.9. The number of hydrogen-bond donors (Lipinski definition) is 2. The van der Waals surface area contributed by atoms with Crippen LogP contribution in [-0.2, 0) is 19.1 Å². The zero-order chi connectivity index (χ0) is 24.1. The Labute approximate surface area is 197 Å². The van der Waals surface area contributed by atoms with Gasteiger partial charge in [-0.05, 0) is 41.5 Å². The molecule has 3 atom stereocenters. The fraction of sp³-hybridized carbons (Fsp3) is 0.423. The Morgan fingerprint density at radius 2 is 1.74 bits per heavy atom. The molecule has 2 aromatic rings. The molecule has 34 heavy (non-hydrogen) atoms. The van der Waals surface area contributed by atoms with Crippen molar-refractivity contribution in [1.82, 2.24) is 10.2 Å². The van der Waals surface area contributed by atoms with Crippen LogP contribution in [0.25, 0.3) is 11.1 Å². The Morgan fingerprint density at radius 1 is 1.12 bits per heavy atom. The molecule has 3 unspecified atom stereocenters. The van der Waals surface area contributed by atoms with Gasteiger partial charge in [0.25, 0.3) is 5.91 Å². The molecule has 1 heterocycles. The third-order valence-corrected chi connectivity index (χ3v) is 7.49. The minimum atomic E-state index is -1.37. The maximum Gasteiger partial charge on any atom is 0.408 e. The maximum atomic E-state index is 13.3. The summed E-state index contributed by atoms with van der Waals surface area (Å²) < 4.78 is 10.8. The van der Waals surface area contributed by atoms with Gasteiger partial charge in [-0.15, -0.1) is 0 Å². The Kier molecular flexibility index (Phi) is 5.36. The number of carboxylic acid groups (broad SMARTS) is 1. The highest BCUT2D eigenvalue weighted by Crippen LogP contribution is 2.58. The molecule has 2 N–H and O–H groups in total. The second-order valence-corrected chi connectivity index (χ2v) is 9.76. The summed E-state index contributed by atoms with van der Waals surface area (Å²) in [5.41, 5.74) is 2.25. The molecule has 0 aromatic heterocycles. The number of hydrogen-bond acceptors (Lipinski definition) is 5. The first-order valence-electron chi connectivity index (χ1n) is 11.4. The van der Waals surface area contributed by atoms with Gasteiger partial charge in [-0.2, -0.15) is 0 Å². The second-order valence-electron chi connectivity index (χ2n) is 9.76. The van der Waals surface area contributed by atoms with Crippen LogP contribution < -0.4 is 5.32 Å². The summed E-state index contributed by atoms with van der Waals surface area (Å²) in [6, 6.07) is 16.1. The van der Waals surface area contributed by atoms with E-state index < -0.39 is 23.0 Å². The van der Waals surface area contributed by atoms with E-state index in [2.05, 4.69) is 17.4 Å². The summed E-state index contributed by atoms with van der Waals surface area (Å²) in [6.45, 7) is 2.17. The Hall–Kier alpha value is -3.39. The number of rotatable bonds is 7. The number of piperidine rings is 1. The summed E-state index contributed by atoms with van der Waals surface area (Å²) >= 11 is 0. The number of aliphatic carboxylic acids is 1. The monoisotopic (exact) mass is 464 g/mol. The molecule has 2 aromatic carbocycles. The second kappa shape index (κ2) is 8.13. The van der Waals surface area contributed by atoms with Gasteiger partial charge in [0.05, 0.1) is 12.0 Å². The highest BCUT2D eigenvalue weighted by atomic mass is 16.5. The SMILES string of the molecule is COCC(C)(NC(=O)OCC1c2ccccc2-c2ccccc21)C(=O)N1CC2CC2(C(=O)O)C1. The first-order valence-corrected chi connectivity index (χ1v) is 11.4. The molecule has 0 spiro atoms. The molecular formula is C26H28N2O6. The van der Waals surface area contributed by atoms with Crippen molar-refractivity contribution in [3.8, 4) is 11.1 Å². The molecule has 1 saturated heterocycles. The highest BCUT2D eigenvalue weighted by Gasteiger charge is 2.67. The molecule has 3 aliphatic rings. The first kappa shape index (κ1) is 22.4. The number of carboxylic acids is 1. The van der Waals surface area contributed by atoms with E-state index in [4.69, 9.17) is 9.47 Å². The Bertz CT molecular complexity index is 1120. The van der Waals surface area contributed by atoms with E-state index in [1.807, 2.05) is 36.4 Å². The minimum Gasteiger partial charge on any atom is -0.481 e. The zero-order valence-electron chi connectivity index (χ0n) is 19.2. The Morgan fingerprint density at radius 3 is 2.29 bits per heavy atom. The summed E-state index contributed by atoms with van der Waals surface area (Å²) in [5, 5.41) is 12.2. The summed E-state index contributed by atoms with van der Waals surface area (Å²) in [7, 11) is 1.45. The summed E-state index contributed by atoms with van der Waals surface area (Å²) in [6.07, 6.45) is -0.125. The van der Waals surface area contributed by atoms with Crippen molar-refractivity contribution in [2.75, 3.05) is 33.4 Å². The van der Waals surface area contributed by atoms with Crippen LogP contribution in [0.1, 0.15) is 30.4 Å². The number of amides is 2. The average Bonchev–Trinajstić information content (AvgIpc) is 3.25. The van der Waals surface area contributed by atoms with Gasteiger partial charge in [0.2, 0.25) is 0 Å². The third kappa shape index (κ3) is 3.53. The van der Waals surface area contributed by atoms with E-state index >= 15 is 0 Å². The van der Waals surface area contributed by atoms with Gasteiger partial charge in [0, 0.05) is 26.1 Å². The molecule has 2 aliphatic carbocycles. The average molecular weight is 465 g/mol. The molecule has 5 rings (SSSR count). The van der Waals surface area contributed by atoms with Crippen molar-refractivity contribution in [2.24, 2.45) is 11.3 Å². The van der Waals surface area contributed by atoms with Crippen molar-refractivity contribution in [1.29, 1.82) is 0 Å². The summed E-state index contributed by atoms with van der Waals surface area (Å²) in [5.74, 6) is -1.36. The first-order chi connectivity index (χ1) is 16.3. The van der Waals surface area contributed by atoms with Gasteiger partial charge in [-0.25, -0.2) is 4.79 Å². The number of fused-ring (bicyclic) bond motifs is 4. The van der Waals surface area contributed by atoms with Gasteiger partial charge < -0.3 is 24.8 Å². The fourth-order valence-corrected chi connectivity index (χ4v) is 5.62. The van der Waals surface area contributed by atoms with Crippen molar-refractivity contribution in [2.45, 2.75) is 24.8 Å². The van der Waals surface area contributed by atoms with E-state index in [1.165, 1.54) is 12.0 Å². The zero-order valence-corrected chi connectivity index (χ0v) is 19.2. The van der Waals surface area contributed by atoms with Crippen LogP contribution in [0.3, 0.4) is 0 Å². The van der Waals surface area contributed by atoms with Crippen LogP contribution in [-0.4, -0.2) is 66.9 Å². The van der Waals surface area contributed by atoms with Gasteiger partial charge >= 0.3 is 12.1 Å². The number of nitrogens with zero attached hydrogens (tertiary/aromatic N) is 1. The molecular weight excluding hydrogens is 436 g/mol. The maximum absolute atomic E-state index is 13.3. The van der Waals surface area contributed by atoms with E-state index in [0.717, 1.165) is 22.3 Å². The number of ether oxygens (including phenoxy) is 2. The standard InChI is InChI=1S/C26H28N2O6/c1-25(15-33-2,22(29)28-12-16-11-26(16,14-28)23(30)31)27-24(32)34-13-21-19-9-5-3-7-17(19)18-8-4-6-10-20(18)21/h3-10,16,21H,11-15H2,1-2H3,(H,27,32)(H,30,31). The van der Waals surface area contributed by atoms with Gasteiger partial charge in [0.15, 0.2) is 0 Å². The number of alkyl carbamates (subject to hydrolysis) is 1. The summed E-state index contributed by atoms with van der Waals surface area (Å²) in [4.78, 5) is 39.3. The van der Waals surface area contributed by atoms with Gasteiger partial charge in [-0.1, -0.05) is 48.5 Å². The number of nitrogens with one attached hydrogen (secondary N) is 1. The van der Waals surface area contributed by atoms with Crippen molar-refractivity contribution in [3.05, 3.63) is 59.7 Å².